The molecule has 2 unspecified atom stereocenters. The Balaban J connectivity index is 1.49. The maximum atomic E-state index is 11.2. The molecular formula is C12H19NO3S. The van der Waals surface area contributed by atoms with Crippen molar-refractivity contribution in [3.63, 3.8) is 0 Å². The van der Waals surface area contributed by atoms with E-state index in [-0.39, 0.29) is 5.97 Å². The van der Waals surface area contributed by atoms with Crippen LogP contribution in [0.5, 0.6) is 0 Å². The van der Waals surface area contributed by atoms with Gasteiger partial charge in [0.1, 0.15) is 0 Å². The van der Waals surface area contributed by atoms with Crippen molar-refractivity contribution in [3.8, 4) is 0 Å². The van der Waals surface area contributed by atoms with Gasteiger partial charge in [0.2, 0.25) is 5.91 Å². The second-order valence-corrected chi connectivity index (χ2v) is 6.09. The van der Waals surface area contributed by atoms with E-state index in [0.29, 0.717) is 23.8 Å². The molecule has 0 aromatic carbocycles. The topological polar surface area (TPSA) is 46.6 Å². The van der Waals surface area contributed by atoms with Crippen molar-refractivity contribution in [2.75, 3.05) is 18.9 Å². The summed E-state index contributed by atoms with van der Waals surface area (Å²) < 4.78 is 4.87. The molecule has 5 heteroatoms. The first-order valence-corrected chi connectivity index (χ1v) is 7.26. The van der Waals surface area contributed by atoms with Crippen LogP contribution in [0, 0.1) is 0 Å². The van der Waals surface area contributed by atoms with Crippen LogP contribution < -0.4 is 0 Å². The third-order valence-corrected chi connectivity index (χ3v) is 4.64. The number of rotatable bonds is 6. The first-order chi connectivity index (χ1) is 8.16. The Labute approximate surface area is 106 Å². The highest BCUT2D eigenvalue weighted by molar-refractivity contribution is 7.99. The lowest BCUT2D eigenvalue weighted by Gasteiger charge is -2.33. The average molecular weight is 257 g/mol. The predicted octanol–water partition coefficient (Wildman–Crippen LogP) is 1.44. The SMILES string of the molecule is CC(=O)OCCCCSC1CC2CC(=O)N2C1. The van der Waals surface area contributed by atoms with Crippen LogP contribution in [-0.2, 0) is 14.3 Å². The van der Waals surface area contributed by atoms with Gasteiger partial charge in [0, 0.05) is 31.2 Å². The molecule has 2 saturated heterocycles. The van der Waals surface area contributed by atoms with Crippen LogP contribution in [0.25, 0.3) is 0 Å². The zero-order chi connectivity index (χ0) is 12.3. The molecule has 17 heavy (non-hydrogen) atoms. The Bertz CT molecular complexity index is 308. The van der Waals surface area contributed by atoms with Crippen molar-refractivity contribution in [1.29, 1.82) is 0 Å². The Hall–Kier alpha value is -0.710. The van der Waals surface area contributed by atoms with Gasteiger partial charge in [-0.2, -0.15) is 11.8 Å². The average Bonchev–Trinajstić information content (AvgIpc) is 2.60. The summed E-state index contributed by atoms with van der Waals surface area (Å²) in [6, 6.07) is 0.543. The van der Waals surface area contributed by atoms with Gasteiger partial charge >= 0.3 is 5.97 Å². The Morgan fingerprint density at radius 2 is 2.35 bits per heavy atom. The minimum Gasteiger partial charge on any atom is -0.466 e. The Morgan fingerprint density at radius 3 is 3.00 bits per heavy atom. The minimum atomic E-state index is -0.198. The van der Waals surface area contributed by atoms with Crippen LogP contribution in [0.1, 0.15) is 32.6 Å². The normalized spacial score (nSPS) is 26.6. The largest absolute Gasteiger partial charge is 0.466 e. The molecule has 0 N–H and O–H groups in total. The number of fused-ring (bicyclic) bond motifs is 1. The summed E-state index contributed by atoms with van der Waals surface area (Å²) in [5, 5.41) is 0.625. The standard InChI is InChI=1S/C12H19NO3S/c1-9(14)16-4-2-3-5-17-11-6-10-7-12(15)13(10)8-11/h10-11H,2-8H2,1H3. The van der Waals surface area contributed by atoms with Crippen molar-refractivity contribution in [2.24, 2.45) is 0 Å². The summed E-state index contributed by atoms with van der Waals surface area (Å²) in [6.45, 7) is 2.92. The van der Waals surface area contributed by atoms with Gasteiger partial charge in [-0.15, -0.1) is 0 Å². The number of β-lactam (4-membered cyclic amide) rings is 1. The lowest BCUT2D eigenvalue weighted by Crippen LogP contribution is -2.48. The Kier molecular flexibility index (Phi) is 4.31. The molecule has 0 aliphatic carbocycles. The number of amides is 1. The predicted molar refractivity (Wildman–Crippen MR) is 66.8 cm³/mol. The van der Waals surface area contributed by atoms with Gasteiger partial charge in [-0.25, -0.2) is 0 Å². The van der Waals surface area contributed by atoms with Gasteiger partial charge in [-0.1, -0.05) is 0 Å². The molecule has 2 fully saturated rings. The molecule has 2 aliphatic heterocycles. The van der Waals surface area contributed by atoms with E-state index in [1.54, 1.807) is 0 Å². The number of hydrogen-bond acceptors (Lipinski definition) is 4. The first-order valence-electron chi connectivity index (χ1n) is 6.21. The Morgan fingerprint density at radius 1 is 1.53 bits per heavy atom. The van der Waals surface area contributed by atoms with Gasteiger partial charge in [-0.3, -0.25) is 9.59 Å². The summed E-state index contributed by atoms with van der Waals surface area (Å²) in [4.78, 5) is 23.7. The number of nitrogens with zero attached hydrogens (tertiary/aromatic N) is 1. The van der Waals surface area contributed by atoms with Crippen molar-refractivity contribution in [1.82, 2.24) is 4.90 Å². The molecular weight excluding hydrogens is 238 g/mol. The van der Waals surface area contributed by atoms with Crippen LogP contribution >= 0.6 is 11.8 Å². The number of ether oxygens (including phenoxy) is 1. The zero-order valence-corrected chi connectivity index (χ0v) is 11.0. The van der Waals surface area contributed by atoms with Crippen molar-refractivity contribution in [2.45, 2.75) is 43.9 Å². The van der Waals surface area contributed by atoms with Gasteiger partial charge in [-0.05, 0) is 25.0 Å². The van der Waals surface area contributed by atoms with Gasteiger partial charge in [0.15, 0.2) is 0 Å². The lowest BCUT2D eigenvalue weighted by molar-refractivity contribution is -0.143. The van der Waals surface area contributed by atoms with Gasteiger partial charge in [0.05, 0.1) is 6.61 Å². The number of esters is 1. The van der Waals surface area contributed by atoms with Gasteiger partial charge < -0.3 is 9.64 Å². The summed E-state index contributed by atoms with van der Waals surface area (Å²) >= 11 is 1.96. The van der Waals surface area contributed by atoms with Crippen LogP contribution in [-0.4, -0.2) is 47.0 Å². The van der Waals surface area contributed by atoms with Crippen LogP contribution in [0.4, 0.5) is 0 Å². The highest BCUT2D eigenvalue weighted by Gasteiger charge is 2.43. The fourth-order valence-electron chi connectivity index (χ4n) is 2.37. The molecule has 0 aromatic heterocycles. The monoisotopic (exact) mass is 257 g/mol. The zero-order valence-electron chi connectivity index (χ0n) is 10.2. The van der Waals surface area contributed by atoms with Crippen LogP contribution in [0.3, 0.4) is 0 Å². The maximum Gasteiger partial charge on any atom is 0.302 e. The van der Waals surface area contributed by atoms with E-state index in [1.807, 2.05) is 16.7 Å². The van der Waals surface area contributed by atoms with Crippen LogP contribution in [0.15, 0.2) is 0 Å². The molecule has 4 nitrogen and oxygen atoms in total. The fourth-order valence-corrected chi connectivity index (χ4v) is 3.70. The van der Waals surface area contributed by atoms with E-state index in [4.69, 9.17) is 4.74 Å². The highest BCUT2D eigenvalue weighted by atomic mass is 32.2. The van der Waals surface area contributed by atoms with E-state index < -0.39 is 0 Å². The van der Waals surface area contributed by atoms with E-state index in [2.05, 4.69) is 0 Å². The van der Waals surface area contributed by atoms with Crippen LogP contribution in [0.2, 0.25) is 0 Å². The number of carbonyl (C=O) groups excluding carboxylic acids is 2. The van der Waals surface area contributed by atoms with E-state index in [1.165, 1.54) is 13.3 Å². The number of hydrogen-bond donors (Lipinski definition) is 0. The molecule has 0 radical (unpaired) electrons. The van der Waals surface area contributed by atoms with E-state index in [0.717, 1.165) is 31.6 Å². The van der Waals surface area contributed by atoms with E-state index >= 15 is 0 Å². The maximum absolute atomic E-state index is 11.2. The second kappa shape index (κ2) is 5.76. The molecule has 0 saturated carbocycles. The molecule has 0 bridgehead atoms. The summed E-state index contributed by atoms with van der Waals surface area (Å²) in [5.41, 5.74) is 0. The quantitative estimate of drug-likeness (QED) is 0.410. The first kappa shape index (κ1) is 12.7. The van der Waals surface area contributed by atoms with E-state index in [9.17, 15) is 9.59 Å². The minimum absolute atomic E-state index is 0.198. The summed E-state index contributed by atoms with van der Waals surface area (Å²) in [6.07, 6.45) is 3.95. The molecule has 2 rings (SSSR count). The molecule has 0 aromatic rings. The number of unbranched alkanes of at least 4 members (excludes halogenated alkanes) is 1. The highest BCUT2D eigenvalue weighted by Crippen LogP contribution is 2.35. The van der Waals surface area contributed by atoms with Gasteiger partial charge in [0.25, 0.3) is 0 Å². The molecule has 2 aliphatic rings. The smallest absolute Gasteiger partial charge is 0.302 e. The summed E-state index contributed by atoms with van der Waals surface area (Å²) in [7, 11) is 0. The molecule has 96 valence electrons. The van der Waals surface area contributed by atoms with Crippen molar-refractivity contribution >= 4 is 23.6 Å². The summed E-state index contributed by atoms with van der Waals surface area (Å²) in [5.74, 6) is 1.23. The number of thioether (sulfide) groups is 1. The molecule has 1 amide bonds. The molecule has 2 heterocycles. The van der Waals surface area contributed by atoms with Crippen molar-refractivity contribution < 1.29 is 14.3 Å². The molecule has 0 spiro atoms. The fraction of sp³-hybridized carbons (Fsp3) is 0.833. The molecule has 2 atom stereocenters. The third kappa shape index (κ3) is 3.37. The van der Waals surface area contributed by atoms with Crippen molar-refractivity contribution in [3.05, 3.63) is 0 Å². The lowest BCUT2D eigenvalue weighted by atomic mass is 10.0. The second-order valence-electron chi connectivity index (χ2n) is 4.68. The third-order valence-electron chi connectivity index (χ3n) is 3.30. The number of carbonyl (C=O) groups is 2.